The zero-order valence-corrected chi connectivity index (χ0v) is 10.3. The maximum atomic E-state index is 4.34. The number of benzene rings is 1. The summed E-state index contributed by atoms with van der Waals surface area (Å²) in [4.78, 5) is 4.34. The van der Waals surface area contributed by atoms with Crippen LogP contribution in [0, 0.1) is 0 Å². The molecule has 0 saturated carbocycles. The van der Waals surface area contributed by atoms with Crippen LogP contribution < -0.4 is 5.43 Å². The minimum atomic E-state index is 0.228. The number of amidine groups is 1. The van der Waals surface area contributed by atoms with Gasteiger partial charge in [-0.15, -0.1) is 0 Å². The molecular formula is C13H13N3S. The number of hydrogen-bond acceptors (Lipinski definition) is 4. The van der Waals surface area contributed by atoms with Gasteiger partial charge in [-0.1, -0.05) is 42.1 Å². The molecule has 0 amide bonds. The predicted octanol–water partition coefficient (Wildman–Crippen LogP) is 2.68. The van der Waals surface area contributed by atoms with Crippen LogP contribution >= 0.6 is 11.8 Å². The van der Waals surface area contributed by atoms with E-state index in [1.54, 1.807) is 11.8 Å². The highest BCUT2D eigenvalue weighted by atomic mass is 32.2. The van der Waals surface area contributed by atoms with E-state index in [0.717, 1.165) is 5.17 Å². The van der Waals surface area contributed by atoms with Gasteiger partial charge in [0.15, 0.2) is 5.17 Å². The van der Waals surface area contributed by atoms with Gasteiger partial charge in [0.05, 0.1) is 11.7 Å². The summed E-state index contributed by atoms with van der Waals surface area (Å²) in [5, 5.41) is 3.03. The van der Waals surface area contributed by atoms with E-state index in [-0.39, 0.29) is 6.04 Å². The van der Waals surface area contributed by atoms with Crippen LogP contribution in [0.1, 0.15) is 11.6 Å². The Morgan fingerprint density at radius 1 is 1.29 bits per heavy atom. The second-order valence-corrected chi connectivity index (χ2v) is 4.65. The van der Waals surface area contributed by atoms with Crippen LogP contribution in [0.4, 0.5) is 0 Å². The molecule has 4 heteroatoms. The van der Waals surface area contributed by atoms with Gasteiger partial charge in [0.25, 0.3) is 0 Å². The Labute approximate surface area is 105 Å². The van der Waals surface area contributed by atoms with E-state index in [4.69, 9.17) is 0 Å². The molecule has 0 saturated heterocycles. The first kappa shape index (κ1) is 10.6. The van der Waals surface area contributed by atoms with Crippen LogP contribution in [0.3, 0.4) is 0 Å². The zero-order valence-electron chi connectivity index (χ0n) is 9.50. The summed E-state index contributed by atoms with van der Waals surface area (Å²) in [6, 6.07) is 10.7. The molecular weight excluding hydrogens is 230 g/mol. The van der Waals surface area contributed by atoms with Gasteiger partial charge in [-0.2, -0.15) is 0 Å². The molecule has 1 N–H and O–H groups in total. The molecule has 2 aliphatic rings. The molecule has 0 aliphatic carbocycles. The quantitative estimate of drug-likeness (QED) is 0.821. The lowest BCUT2D eigenvalue weighted by Crippen LogP contribution is -2.37. The van der Waals surface area contributed by atoms with Crippen LogP contribution in [-0.2, 0) is 0 Å². The highest BCUT2D eigenvalue weighted by Crippen LogP contribution is 2.28. The normalized spacial score (nSPS) is 22.2. The van der Waals surface area contributed by atoms with Crippen LogP contribution in [0.2, 0.25) is 0 Å². The number of thioether (sulfide) groups is 1. The van der Waals surface area contributed by atoms with Crippen molar-refractivity contribution in [3.05, 3.63) is 59.9 Å². The smallest absolute Gasteiger partial charge is 0.182 e. The monoisotopic (exact) mass is 243 g/mol. The first-order valence-electron chi connectivity index (χ1n) is 5.50. The third-order valence-electron chi connectivity index (χ3n) is 2.83. The minimum absolute atomic E-state index is 0.228. The summed E-state index contributed by atoms with van der Waals surface area (Å²) in [5.74, 6) is 0. The summed E-state index contributed by atoms with van der Waals surface area (Å²) in [6.45, 7) is 0. The van der Waals surface area contributed by atoms with Crippen LogP contribution in [0.15, 0.2) is 59.4 Å². The van der Waals surface area contributed by atoms with Gasteiger partial charge < -0.3 is 0 Å². The number of aliphatic imine (C=N–C) groups is 1. The Morgan fingerprint density at radius 2 is 2.12 bits per heavy atom. The van der Waals surface area contributed by atoms with Gasteiger partial charge in [-0.05, 0) is 24.0 Å². The molecule has 0 fully saturated rings. The molecule has 3 nitrogen and oxygen atoms in total. The van der Waals surface area contributed by atoms with Gasteiger partial charge in [0.2, 0.25) is 0 Å². The van der Waals surface area contributed by atoms with Crippen molar-refractivity contribution in [2.75, 3.05) is 6.26 Å². The average Bonchev–Trinajstić information content (AvgIpc) is 2.83. The molecule has 1 aromatic carbocycles. The van der Waals surface area contributed by atoms with Crippen molar-refractivity contribution in [3.8, 4) is 0 Å². The second-order valence-electron chi connectivity index (χ2n) is 3.88. The van der Waals surface area contributed by atoms with E-state index < -0.39 is 0 Å². The molecule has 1 atom stereocenters. The number of hydrazine groups is 1. The maximum Gasteiger partial charge on any atom is 0.182 e. The minimum Gasteiger partial charge on any atom is -0.253 e. The number of nitrogens with zero attached hydrogens (tertiary/aromatic N) is 2. The van der Waals surface area contributed by atoms with E-state index >= 15 is 0 Å². The lowest BCUT2D eigenvalue weighted by atomic mass is 10.1. The third kappa shape index (κ3) is 1.90. The summed E-state index contributed by atoms with van der Waals surface area (Å²) < 4.78 is 0. The maximum absolute atomic E-state index is 4.34. The van der Waals surface area contributed by atoms with Gasteiger partial charge in [0, 0.05) is 6.20 Å². The Hall–Kier alpha value is -1.52. The van der Waals surface area contributed by atoms with E-state index in [1.807, 2.05) is 29.6 Å². The van der Waals surface area contributed by atoms with Gasteiger partial charge >= 0.3 is 0 Å². The Balaban J connectivity index is 1.89. The first-order valence-corrected chi connectivity index (χ1v) is 6.72. The first-order chi connectivity index (χ1) is 8.38. The lowest BCUT2D eigenvalue weighted by molar-refractivity contribution is 0.397. The number of rotatable bonds is 1. The standard InChI is InChI=1S/C13H13N3S/c1-17-13-14-8-7-11-9-12(15-16(11)13)10-5-3-2-4-6-10/h2-9,12,15H,1H3. The van der Waals surface area contributed by atoms with E-state index in [0.29, 0.717) is 0 Å². The van der Waals surface area contributed by atoms with Crippen LogP contribution in [-0.4, -0.2) is 16.4 Å². The lowest BCUT2D eigenvalue weighted by Gasteiger charge is -2.24. The van der Waals surface area contributed by atoms with Crippen molar-refractivity contribution in [2.45, 2.75) is 6.04 Å². The van der Waals surface area contributed by atoms with Gasteiger partial charge in [0.1, 0.15) is 0 Å². The Kier molecular flexibility index (Phi) is 2.74. The second kappa shape index (κ2) is 4.39. The molecule has 0 bridgehead atoms. The topological polar surface area (TPSA) is 27.6 Å². The molecule has 0 aromatic heterocycles. The number of hydrogen-bond donors (Lipinski definition) is 1. The summed E-state index contributed by atoms with van der Waals surface area (Å²) in [7, 11) is 0. The highest BCUT2D eigenvalue weighted by molar-refractivity contribution is 8.13. The van der Waals surface area contributed by atoms with Crippen molar-refractivity contribution in [2.24, 2.45) is 4.99 Å². The van der Waals surface area contributed by atoms with Crippen molar-refractivity contribution in [3.63, 3.8) is 0 Å². The average molecular weight is 243 g/mol. The van der Waals surface area contributed by atoms with Gasteiger partial charge in [-0.25, -0.2) is 10.4 Å². The molecule has 1 aromatic rings. The fourth-order valence-electron chi connectivity index (χ4n) is 2.00. The van der Waals surface area contributed by atoms with E-state index in [2.05, 4.69) is 40.8 Å². The summed E-state index contributed by atoms with van der Waals surface area (Å²) in [6.07, 6.45) is 8.13. The third-order valence-corrected chi connectivity index (χ3v) is 3.48. The molecule has 0 radical (unpaired) electrons. The molecule has 3 rings (SSSR count). The van der Waals surface area contributed by atoms with E-state index in [9.17, 15) is 0 Å². The number of nitrogens with one attached hydrogen (secondary N) is 1. The van der Waals surface area contributed by atoms with Crippen molar-refractivity contribution >= 4 is 16.9 Å². The summed E-state index contributed by atoms with van der Waals surface area (Å²) in [5.41, 5.74) is 5.88. The number of fused-ring (bicyclic) bond motifs is 1. The molecule has 2 heterocycles. The zero-order chi connectivity index (χ0) is 11.7. The predicted molar refractivity (Wildman–Crippen MR) is 72.3 cm³/mol. The molecule has 86 valence electrons. The van der Waals surface area contributed by atoms with Gasteiger partial charge in [-0.3, -0.25) is 5.01 Å². The van der Waals surface area contributed by atoms with E-state index in [1.165, 1.54) is 11.3 Å². The molecule has 2 aliphatic heterocycles. The van der Waals surface area contributed by atoms with Crippen molar-refractivity contribution in [1.29, 1.82) is 0 Å². The van der Waals surface area contributed by atoms with Crippen molar-refractivity contribution in [1.82, 2.24) is 10.4 Å². The SMILES string of the molecule is CSC1=NC=CC2=CC(c3ccccc3)NN21. The highest BCUT2D eigenvalue weighted by Gasteiger charge is 2.26. The van der Waals surface area contributed by atoms with Crippen LogP contribution in [0.5, 0.6) is 0 Å². The Morgan fingerprint density at radius 3 is 2.88 bits per heavy atom. The summed E-state index contributed by atoms with van der Waals surface area (Å²) >= 11 is 1.64. The molecule has 1 unspecified atom stereocenters. The molecule has 0 spiro atoms. The fraction of sp³-hybridized carbons (Fsp3) is 0.154. The fourth-order valence-corrected chi connectivity index (χ4v) is 2.51. The largest absolute Gasteiger partial charge is 0.253 e. The Bertz CT molecular complexity index is 505. The van der Waals surface area contributed by atoms with Crippen molar-refractivity contribution < 1.29 is 0 Å². The molecule has 17 heavy (non-hydrogen) atoms. The number of allylic oxidation sites excluding steroid dienone is 1. The van der Waals surface area contributed by atoms with Crippen LogP contribution in [0.25, 0.3) is 0 Å².